The second kappa shape index (κ2) is 5.46. The predicted octanol–water partition coefficient (Wildman–Crippen LogP) is 1.70. The van der Waals surface area contributed by atoms with Gasteiger partial charge in [-0.15, -0.1) is 0 Å². The molecule has 0 aliphatic carbocycles. The lowest BCUT2D eigenvalue weighted by atomic mass is 10.1. The van der Waals surface area contributed by atoms with Crippen molar-refractivity contribution in [3.8, 4) is 5.75 Å². The van der Waals surface area contributed by atoms with Crippen molar-refractivity contribution < 1.29 is 9.53 Å². The molecule has 3 nitrogen and oxygen atoms in total. The van der Waals surface area contributed by atoms with Crippen LogP contribution in [0.4, 0.5) is 0 Å². The SMILES string of the molecule is COc1ccc(CC(=S)NC(C)=O)cc1. The molecule has 0 saturated heterocycles. The average Bonchev–Trinajstić information content (AvgIpc) is 2.17. The third kappa shape index (κ3) is 4.08. The highest BCUT2D eigenvalue weighted by Gasteiger charge is 2.01. The summed E-state index contributed by atoms with van der Waals surface area (Å²) in [4.78, 5) is 11.3. The molecular weight excluding hydrogens is 210 g/mol. The average molecular weight is 223 g/mol. The van der Waals surface area contributed by atoms with Gasteiger partial charge in [-0.2, -0.15) is 0 Å². The fraction of sp³-hybridized carbons (Fsp3) is 0.273. The van der Waals surface area contributed by atoms with E-state index in [9.17, 15) is 4.79 Å². The first-order valence-electron chi connectivity index (χ1n) is 4.55. The number of thiocarbonyl (C=S) groups is 1. The molecule has 0 saturated carbocycles. The van der Waals surface area contributed by atoms with Crippen LogP contribution in [0.2, 0.25) is 0 Å². The molecule has 0 aromatic heterocycles. The van der Waals surface area contributed by atoms with Crippen LogP contribution < -0.4 is 10.1 Å². The van der Waals surface area contributed by atoms with Gasteiger partial charge in [0.05, 0.1) is 12.1 Å². The van der Waals surface area contributed by atoms with Crippen LogP contribution >= 0.6 is 12.2 Å². The Hall–Kier alpha value is -1.42. The van der Waals surface area contributed by atoms with Crippen molar-refractivity contribution in [2.45, 2.75) is 13.3 Å². The van der Waals surface area contributed by atoms with E-state index in [1.165, 1.54) is 6.92 Å². The zero-order valence-electron chi connectivity index (χ0n) is 8.74. The number of hydrogen-bond acceptors (Lipinski definition) is 3. The quantitative estimate of drug-likeness (QED) is 0.793. The molecule has 0 aliphatic heterocycles. The lowest BCUT2D eigenvalue weighted by molar-refractivity contribution is -0.117. The molecule has 1 aromatic carbocycles. The summed E-state index contributed by atoms with van der Waals surface area (Å²) < 4.78 is 5.04. The van der Waals surface area contributed by atoms with Gasteiger partial charge in [0.2, 0.25) is 5.91 Å². The van der Waals surface area contributed by atoms with Crippen LogP contribution in [0.5, 0.6) is 5.75 Å². The van der Waals surface area contributed by atoms with Gasteiger partial charge in [-0.1, -0.05) is 24.4 Å². The van der Waals surface area contributed by atoms with Gasteiger partial charge in [0.1, 0.15) is 5.75 Å². The van der Waals surface area contributed by atoms with Crippen LogP contribution in [0, 0.1) is 0 Å². The van der Waals surface area contributed by atoms with E-state index in [2.05, 4.69) is 5.32 Å². The molecule has 0 aliphatic rings. The molecule has 15 heavy (non-hydrogen) atoms. The summed E-state index contributed by atoms with van der Waals surface area (Å²) in [6, 6.07) is 7.58. The van der Waals surface area contributed by atoms with Crippen LogP contribution in [0.15, 0.2) is 24.3 Å². The molecule has 0 bridgehead atoms. The first kappa shape index (κ1) is 11.7. The van der Waals surface area contributed by atoms with E-state index in [1.54, 1.807) is 7.11 Å². The highest BCUT2D eigenvalue weighted by atomic mass is 32.1. The standard InChI is InChI=1S/C11H13NO2S/c1-8(13)12-11(15)7-9-3-5-10(14-2)6-4-9/h3-6H,7H2,1-2H3,(H,12,13,15). The summed E-state index contributed by atoms with van der Waals surface area (Å²) in [5.74, 6) is 0.678. The largest absolute Gasteiger partial charge is 0.497 e. The number of benzene rings is 1. The van der Waals surface area contributed by atoms with Crippen molar-refractivity contribution in [3.63, 3.8) is 0 Å². The molecule has 1 amide bonds. The highest BCUT2D eigenvalue weighted by molar-refractivity contribution is 7.80. The topological polar surface area (TPSA) is 38.3 Å². The number of carbonyl (C=O) groups excluding carboxylic acids is 1. The number of hydrogen-bond donors (Lipinski definition) is 1. The van der Waals surface area contributed by atoms with Gasteiger partial charge in [-0.05, 0) is 17.7 Å². The Morgan fingerprint density at radius 3 is 2.47 bits per heavy atom. The monoisotopic (exact) mass is 223 g/mol. The van der Waals surface area contributed by atoms with E-state index in [4.69, 9.17) is 17.0 Å². The van der Waals surface area contributed by atoms with Gasteiger partial charge in [-0.25, -0.2) is 0 Å². The molecule has 0 spiro atoms. The van der Waals surface area contributed by atoms with Crippen molar-refractivity contribution in [3.05, 3.63) is 29.8 Å². The Morgan fingerprint density at radius 1 is 1.40 bits per heavy atom. The second-order valence-electron chi connectivity index (χ2n) is 3.13. The zero-order valence-corrected chi connectivity index (χ0v) is 9.56. The lowest BCUT2D eigenvalue weighted by Gasteiger charge is -2.05. The molecule has 1 aromatic rings. The van der Waals surface area contributed by atoms with Gasteiger partial charge < -0.3 is 10.1 Å². The van der Waals surface area contributed by atoms with E-state index in [0.29, 0.717) is 11.4 Å². The van der Waals surface area contributed by atoms with Crippen molar-refractivity contribution in [2.75, 3.05) is 7.11 Å². The van der Waals surface area contributed by atoms with Crippen molar-refractivity contribution in [2.24, 2.45) is 0 Å². The minimum atomic E-state index is -0.131. The maximum absolute atomic E-state index is 10.7. The van der Waals surface area contributed by atoms with E-state index in [1.807, 2.05) is 24.3 Å². The molecular formula is C11H13NO2S. The number of carbonyl (C=O) groups is 1. The number of ether oxygens (including phenoxy) is 1. The summed E-state index contributed by atoms with van der Waals surface area (Å²) in [5, 5.41) is 2.58. The molecule has 4 heteroatoms. The molecule has 0 fully saturated rings. The third-order valence-electron chi connectivity index (χ3n) is 1.84. The summed E-state index contributed by atoms with van der Waals surface area (Å²) >= 11 is 5.01. The van der Waals surface area contributed by atoms with Gasteiger partial charge in [0, 0.05) is 13.3 Å². The third-order valence-corrected chi connectivity index (χ3v) is 2.09. The Morgan fingerprint density at radius 2 is 2.00 bits per heavy atom. The number of rotatable bonds is 3. The van der Waals surface area contributed by atoms with Crippen LogP contribution in [-0.4, -0.2) is 18.0 Å². The fourth-order valence-electron chi connectivity index (χ4n) is 1.17. The Labute approximate surface area is 94.4 Å². The van der Waals surface area contributed by atoms with Gasteiger partial charge in [0.15, 0.2) is 0 Å². The summed E-state index contributed by atoms with van der Waals surface area (Å²) in [7, 11) is 1.62. The molecule has 0 unspecified atom stereocenters. The molecule has 0 heterocycles. The van der Waals surface area contributed by atoms with Crippen molar-refractivity contribution in [1.82, 2.24) is 5.32 Å². The molecule has 1 N–H and O–H groups in total. The highest BCUT2D eigenvalue weighted by Crippen LogP contribution is 2.11. The molecule has 0 atom stereocenters. The minimum absolute atomic E-state index is 0.131. The number of amides is 1. The molecule has 1 rings (SSSR count). The maximum Gasteiger partial charge on any atom is 0.221 e. The fourth-order valence-corrected chi connectivity index (χ4v) is 1.48. The van der Waals surface area contributed by atoms with E-state index < -0.39 is 0 Å². The normalized spacial score (nSPS) is 9.47. The Bertz CT molecular complexity index is 359. The van der Waals surface area contributed by atoms with Crippen LogP contribution in [0.1, 0.15) is 12.5 Å². The minimum Gasteiger partial charge on any atom is -0.497 e. The van der Waals surface area contributed by atoms with Crippen molar-refractivity contribution >= 4 is 23.1 Å². The first-order chi connectivity index (χ1) is 7.11. The van der Waals surface area contributed by atoms with Crippen LogP contribution in [-0.2, 0) is 11.2 Å². The maximum atomic E-state index is 10.7. The lowest BCUT2D eigenvalue weighted by Crippen LogP contribution is -2.27. The zero-order chi connectivity index (χ0) is 11.3. The van der Waals surface area contributed by atoms with Gasteiger partial charge >= 0.3 is 0 Å². The Balaban J connectivity index is 2.57. The number of nitrogens with one attached hydrogen (secondary N) is 1. The first-order valence-corrected chi connectivity index (χ1v) is 4.96. The predicted molar refractivity (Wildman–Crippen MR) is 63.1 cm³/mol. The van der Waals surface area contributed by atoms with E-state index in [0.717, 1.165) is 11.3 Å². The molecule has 80 valence electrons. The molecule has 0 radical (unpaired) electrons. The number of methoxy groups -OCH3 is 1. The summed E-state index contributed by atoms with van der Waals surface area (Å²) in [6.07, 6.45) is 0.568. The van der Waals surface area contributed by atoms with Crippen molar-refractivity contribution in [1.29, 1.82) is 0 Å². The smallest absolute Gasteiger partial charge is 0.221 e. The van der Waals surface area contributed by atoms with Gasteiger partial charge in [0.25, 0.3) is 0 Å². The summed E-state index contributed by atoms with van der Waals surface area (Å²) in [6.45, 7) is 1.44. The van der Waals surface area contributed by atoms with Crippen LogP contribution in [0.3, 0.4) is 0 Å². The van der Waals surface area contributed by atoms with E-state index in [-0.39, 0.29) is 5.91 Å². The van der Waals surface area contributed by atoms with E-state index >= 15 is 0 Å². The van der Waals surface area contributed by atoms with Gasteiger partial charge in [-0.3, -0.25) is 4.79 Å². The summed E-state index contributed by atoms with van der Waals surface area (Å²) in [5.41, 5.74) is 1.05. The second-order valence-corrected chi connectivity index (χ2v) is 3.62. The Kier molecular flexibility index (Phi) is 4.24. The van der Waals surface area contributed by atoms with Crippen LogP contribution in [0.25, 0.3) is 0 Å².